The summed E-state index contributed by atoms with van der Waals surface area (Å²) in [5.41, 5.74) is 5.66. The number of carbonyl (C=O) groups excluding carboxylic acids is 2. The third-order valence-corrected chi connectivity index (χ3v) is 7.74. The number of nitrogens with zero attached hydrogens (tertiary/aromatic N) is 1. The predicted octanol–water partition coefficient (Wildman–Crippen LogP) is 4.12. The molecule has 3 aromatic rings. The van der Waals surface area contributed by atoms with Crippen LogP contribution in [0.2, 0.25) is 0 Å². The maximum Gasteiger partial charge on any atom is 0.337 e. The molecule has 0 saturated carbocycles. The molecule has 2 atom stereocenters. The number of hydrazone groups is 1. The summed E-state index contributed by atoms with van der Waals surface area (Å²) in [6.07, 6.45) is 0.448. The number of allylic oxidation sites excluding steroid dienone is 1. The van der Waals surface area contributed by atoms with Crippen LogP contribution in [-0.4, -0.2) is 56.7 Å². The SMILES string of the molecule is CCOc1cc([C@@H]2NC(=O)NC(C)=C2C(=O)OC)ccc1OC[C@H](O)N/N=C\c1ccc(OCc2ccc3c(c2)OCO3)c(I)c1. The highest BCUT2D eigenvalue weighted by Crippen LogP contribution is 2.35. The number of halogens is 1. The second-order valence-corrected chi connectivity index (χ2v) is 11.2. The highest BCUT2D eigenvalue weighted by Gasteiger charge is 2.32. The molecule has 242 valence electrons. The van der Waals surface area contributed by atoms with Gasteiger partial charge < -0.3 is 44.2 Å². The number of hydrogen-bond acceptors (Lipinski definition) is 11. The first-order chi connectivity index (χ1) is 22.2. The number of methoxy groups -OCH3 is 1. The number of aliphatic hydroxyl groups is 1. The Balaban J connectivity index is 1.15. The summed E-state index contributed by atoms with van der Waals surface area (Å²) in [5, 5.41) is 19.9. The molecule has 0 radical (unpaired) electrons. The third kappa shape index (κ3) is 7.92. The molecule has 0 aliphatic carbocycles. The van der Waals surface area contributed by atoms with Gasteiger partial charge in [-0.1, -0.05) is 12.1 Å². The number of esters is 1. The molecule has 13 nitrogen and oxygen atoms in total. The van der Waals surface area contributed by atoms with Crippen molar-refractivity contribution in [3.63, 3.8) is 0 Å². The molecule has 2 amide bonds. The van der Waals surface area contributed by atoms with E-state index < -0.39 is 24.3 Å². The number of amides is 2. The summed E-state index contributed by atoms with van der Waals surface area (Å²) >= 11 is 2.20. The van der Waals surface area contributed by atoms with E-state index in [0.29, 0.717) is 41.7 Å². The minimum absolute atomic E-state index is 0.141. The molecule has 0 aromatic heterocycles. The van der Waals surface area contributed by atoms with E-state index in [1.165, 1.54) is 7.11 Å². The van der Waals surface area contributed by atoms with E-state index in [2.05, 4.69) is 43.8 Å². The van der Waals surface area contributed by atoms with Crippen molar-refractivity contribution >= 4 is 40.8 Å². The molecule has 0 unspecified atom stereocenters. The first kappa shape index (κ1) is 32.7. The van der Waals surface area contributed by atoms with E-state index in [9.17, 15) is 14.7 Å². The molecular formula is C32H33IN4O9. The Morgan fingerprint density at radius 3 is 2.67 bits per heavy atom. The van der Waals surface area contributed by atoms with E-state index in [1.54, 1.807) is 31.3 Å². The van der Waals surface area contributed by atoms with Gasteiger partial charge in [-0.05, 0) is 95.6 Å². The maximum absolute atomic E-state index is 12.4. The smallest absolute Gasteiger partial charge is 0.337 e. The Kier molecular flexibility index (Phi) is 10.7. The maximum atomic E-state index is 12.4. The molecule has 5 rings (SSSR count). The van der Waals surface area contributed by atoms with Gasteiger partial charge >= 0.3 is 12.0 Å². The number of rotatable bonds is 13. The lowest BCUT2D eigenvalue weighted by Gasteiger charge is -2.28. The quantitative estimate of drug-likeness (QED) is 0.0660. The number of benzene rings is 3. The van der Waals surface area contributed by atoms with E-state index in [1.807, 2.05) is 43.3 Å². The summed E-state index contributed by atoms with van der Waals surface area (Å²) in [6, 6.07) is 15.1. The molecule has 2 aliphatic rings. The van der Waals surface area contributed by atoms with Crippen molar-refractivity contribution in [2.75, 3.05) is 27.1 Å². The van der Waals surface area contributed by atoms with Crippen LogP contribution in [0.3, 0.4) is 0 Å². The fraction of sp³-hybridized carbons (Fsp3) is 0.281. The molecule has 4 N–H and O–H groups in total. The van der Waals surface area contributed by atoms with Gasteiger partial charge in [0.2, 0.25) is 6.79 Å². The lowest BCUT2D eigenvalue weighted by molar-refractivity contribution is -0.136. The van der Waals surface area contributed by atoms with E-state index >= 15 is 0 Å². The number of fused-ring (bicyclic) bond motifs is 1. The fourth-order valence-electron chi connectivity index (χ4n) is 4.73. The Bertz CT molecular complexity index is 1660. The minimum Gasteiger partial charge on any atom is -0.490 e. The lowest BCUT2D eigenvalue weighted by atomic mass is 9.95. The van der Waals surface area contributed by atoms with Crippen LogP contribution < -0.4 is 39.7 Å². The topological polar surface area (TPSA) is 158 Å². The standard InChI is InChI=1S/C32H33IN4O9/c1-4-42-27-13-21(30-29(31(39)41-3)18(2)35-32(40)36-30)7-10-24(27)44-16-28(38)37-34-14-19-5-8-23(22(33)11-19)43-15-20-6-9-25-26(12-20)46-17-45-25/h5-14,28,30,37-38H,4,15-17H2,1-3H3,(H2,35,36,40)/b34-14-/t28-,30-/m0/s1. The molecule has 46 heavy (non-hydrogen) atoms. The molecule has 2 heterocycles. The first-order valence-electron chi connectivity index (χ1n) is 14.3. The van der Waals surface area contributed by atoms with Gasteiger partial charge in [0.05, 0.1) is 35.1 Å². The zero-order chi connectivity index (χ0) is 32.6. The summed E-state index contributed by atoms with van der Waals surface area (Å²) < 4.78 is 34.1. The molecular weight excluding hydrogens is 711 g/mol. The van der Waals surface area contributed by atoms with Crippen molar-refractivity contribution in [2.24, 2.45) is 5.10 Å². The highest BCUT2D eigenvalue weighted by atomic mass is 127. The first-order valence-corrected chi connectivity index (χ1v) is 15.4. The van der Waals surface area contributed by atoms with Crippen molar-refractivity contribution in [3.8, 4) is 28.7 Å². The van der Waals surface area contributed by atoms with Crippen LogP contribution in [0.5, 0.6) is 28.7 Å². The van der Waals surface area contributed by atoms with Crippen molar-refractivity contribution in [2.45, 2.75) is 32.7 Å². The average molecular weight is 745 g/mol. The normalized spacial score (nSPS) is 16.0. The zero-order valence-corrected chi connectivity index (χ0v) is 27.5. The highest BCUT2D eigenvalue weighted by molar-refractivity contribution is 14.1. The number of nitrogens with one attached hydrogen (secondary N) is 3. The average Bonchev–Trinajstić information content (AvgIpc) is 3.51. The predicted molar refractivity (Wildman–Crippen MR) is 175 cm³/mol. The van der Waals surface area contributed by atoms with Gasteiger partial charge in [-0.3, -0.25) is 5.43 Å². The van der Waals surface area contributed by atoms with Crippen LogP contribution in [0, 0.1) is 3.57 Å². The van der Waals surface area contributed by atoms with Crippen molar-refractivity contribution in [3.05, 3.63) is 86.1 Å². The van der Waals surface area contributed by atoms with E-state index in [4.69, 9.17) is 28.4 Å². The van der Waals surface area contributed by atoms with E-state index in [-0.39, 0.29) is 19.0 Å². The van der Waals surface area contributed by atoms with Gasteiger partial charge in [-0.25, -0.2) is 9.59 Å². The number of aliphatic hydroxyl groups excluding tert-OH is 1. The van der Waals surface area contributed by atoms with Crippen LogP contribution in [0.1, 0.15) is 36.6 Å². The molecule has 0 saturated heterocycles. The molecule has 0 bridgehead atoms. The minimum atomic E-state index is -1.13. The van der Waals surface area contributed by atoms with Crippen LogP contribution in [-0.2, 0) is 16.1 Å². The molecule has 0 fully saturated rings. The second-order valence-electron chi connectivity index (χ2n) is 10.1. The molecule has 0 spiro atoms. The van der Waals surface area contributed by atoms with Gasteiger partial charge in [0, 0.05) is 5.70 Å². The van der Waals surface area contributed by atoms with Gasteiger partial charge in [0.25, 0.3) is 0 Å². The molecule has 3 aromatic carbocycles. The zero-order valence-electron chi connectivity index (χ0n) is 25.3. The van der Waals surface area contributed by atoms with E-state index in [0.717, 1.165) is 26.2 Å². The van der Waals surface area contributed by atoms with Crippen LogP contribution in [0.15, 0.2) is 71.0 Å². The van der Waals surface area contributed by atoms with Gasteiger partial charge in [0.15, 0.2) is 29.2 Å². The Hall–Kier alpha value is -4.70. The number of hydrogen-bond donors (Lipinski definition) is 4. The monoisotopic (exact) mass is 744 g/mol. The van der Waals surface area contributed by atoms with Crippen molar-refractivity contribution < 1.29 is 43.1 Å². The van der Waals surface area contributed by atoms with Gasteiger partial charge in [-0.2, -0.15) is 5.10 Å². The van der Waals surface area contributed by atoms with Crippen molar-refractivity contribution in [1.29, 1.82) is 0 Å². The van der Waals surface area contributed by atoms with Crippen LogP contribution in [0.25, 0.3) is 0 Å². The Morgan fingerprint density at radius 2 is 1.89 bits per heavy atom. The fourth-order valence-corrected chi connectivity index (χ4v) is 5.42. The molecule has 2 aliphatic heterocycles. The lowest BCUT2D eigenvalue weighted by Crippen LogP contribution is -2.45. The van der Waals surface area contributed by atoms with Crippen LogP contribution in [0.4, 0.5) is 4.79 Å². The summed E-state index contributed by atoms with van der Waals surface area (Å²) in [4.78, 5) is 24.6. The van der Waals surface area contributed by atoms with Gasteiger partial charge in [-0.15, -0.1) is 0 Å². The largest absolute Gasteiger partial charge is 0.490 e. The number of urea groups is 1. The number of carbonyl (C=O) groups is 2. The Morgan fingerprint density at radius 1 is 1.09 bits per heavy atom. The van der Waals surface area contributed by atoms with Crippen molar-refractivity contribution in [1.82, 2.24) is 16.1 Å². The summed E-state index contributed by atoms with van der Waals surface area (Å²) in [7, 11) is 1.28. The Labute approximate surface area is 279 Å². The van der Waals surface area contributed by atoms with Gasteiger partial charge in [0.1, 0.15) is 19.0 Å². The number of ether oxygens (including phenoxy) is 6. The second kappa shape index (κ2) is 15.1. The molecule has 14 heteroatoms. The van der Waals surface area contributed by atoms with Crippen LogP contribution >= 0.6 is 22.6 Å². The summed E-state index contributed by atoms with van der Waals surface area (Å²) in [6.45, 7) is 4.24. The summed E-state index contributed by atoms with van der Waals surface area (Å²) in [5.74, 6) is 2.33. The third-order valence-electron chi connectivity index (χ3n) is 6.90.